The molecule has 1 unspecified atom stereocenters. The molecule has 102 valence electrons. The van der Waals surface area contributed by atoms with Gasteiger partial charge in [0.15, 0.2) is 0 Å². The number of carbonyl (C=O) groups is 1. The molecule has 1 N–H and O–H groups in total. The van der Waals surface area contributed by atoms with E-state index in [0.717, 1.165) is 6.42 Å². The van der Waals surface area contributed by atoms with Crippen LogP contribution in [0, 0.1) is 0 Å². The maximum Gasteiger partial charge on any atom is 0.244 e. The van der Waals surface area contributed by atoms with Crippen LogP contribution in [0.25, 0.3) is 0 Å². The van der Waals surface area contributed by atoms with E-state index in [2.05, 4.69) is 18.3 Å². The molecule has 0 aromatic carbocycles. The van der Waals surface area contributed by atoms with Gasteiger partial charge in [0.05, 0.1) is 25.9 Å². The molecular formula is C14H23NO3. The van der Waals surface area contributed by atoms with Crippen LogP contribution in [0.15, 0.2) is 24.3 Å². The van der Waals surface area contributed by atoms with Crippen LogP contribution in [0.2, 0.25) is 0 Å². The van der Waals surface area contributed by atoms with Crippen molar-refractivity contribution in [3.05, 3.63) is 24.3 Å². The van der Waals surface area contributed by atoms with Gasteiger partial charge >= 0.3 is 0 Å². The molecule has 4 nitrogen and oxygen atoms in total. The highest BCUT2D eigenvalue weighted by atomic mass is 16.6. The highest BCUT2D eigenvalue weighted by Gasteiger charge is 2.14. The highest BCUT2D eigenvalue weighted by Crippen LogP contribution is 1.99. The van der Waals surface area contributed by atoms with E-state index in [0.29, 0.717) is 26.4 Å². The molecule has 0 aliphatic carbocycles. The zero-order valence-electron chi connectivity index (χ0n) is 11.1. The van der Waals surface area contributed by atoms with Crippen molar-refractivity contribution in [2.75, 3.05) is 26.4 Å². The molecule has 0 bridgehead atoms. The van der Waals surface area contributed by atoms with Crippen LogP contribution in [-0.2, 0) is 14.3 Å². The molecule has 0 radical (unpaired) electrons. The van der Waals surface area contributed by atoms with Crippen molar-refractivity contribution in [3.8, 4) is 0 Å². The van der Waals surface area contributed by atoms with E-state index in [1.54, 1.807) is 6.08 Å². The number of hydrogen-bond donors (Lipinski definition) is 1. The van der Waals surface area contributed by atoms with Crippen LogP contribution in [0.1, 0.15) is 26.2 Å². The Labute approximate surface area is 109 Å². The first-order chi connectivity index (χ1) is 8.83. The summed E-state index contributed by atoms with van der Waals surface area (Å²) in [5.41, 5.74) is 0. The zero-order valence-corrected chi connectivity index (χ0v) is 11.1. The smallest absolute Gasteiger partial charge is 0.244 e. The van der Waals surface area contributed by atoms with Gasteiger partial charge in [0.1, 0.15) is 0 Å². The van der Waals surface area contributed by atoms with Crippen molar-refractivity contribution in [1.82, 2.24) is 5.32 Å². The number of rotatable bonds is 7. The van der Waals surface area contributed by atoms with Gasteiger partial charge in [-0.25, -0.2) is 0 Å². The second-order valence-electron chi connectivity index (χ2n) is 4.24. The first kappa shape index (κ1) is 14.9. The van der Waals surface area contributed by atoms with Gasteiger partial charge in [-0.05, 0) is 6.42 Å². The second kappa shape index (κ2) is 9.85. The molecule has 0 aromatic heterocycles. The van der Waals surface area contributed by atoms with Gasteiger partial charge in [0, 0.05) is 12.6 Å². The van der Waals surface area contributed by atoms with E-state index in [1.807, 2.05) is 6.08 Å². The Hall–Kier alpha value is -1.13. The summed E-state index contributed by atoms with van der Waals surface area (Å²) in [7, 11) is 0. The molecule has 4 heteroatoms. The van der Waals surface area contributed by atoms with Crippen molar-refractivity contribution in [2.45, 2.75) is 32.3 Å². The number of unbranched alkanes of at least 4 members (excludes halogenated alkanes) is 2. The molecule has 0 aromatic rings. The lowest BCUT2D eigenvalue weighted by Crippen LogP contribution is -2.39. The molecule has 18 heavy (non-hydrogen) atoms. The van der Waals surface area contributed by atoms with Crippen LogP contribution in [0.5, 0.6) is 0 Å². The maximum absolute atomic E-state index is 11.4. The van der Waals surface area contributed by atoms with Crippen LogP contribution >= 0.6 is 0 Å². The van der Waals surface area contributed by atoms with Crippen LogP contribution in [-0.4, -0.2) is 38.4 Å². The molecule has 0 spiro atoms. The SMILES string of the molecule is CCCCC=CC=CC(=O)NCC1COCCO1. The number of carbonyl (C=O) groups excluding carboxylic acids is 1. The van der Waals surface area contributed by atoms with E-state index in [-0.39, 0.29) is 12.0 Å². The minimum Gasteiger partial charge on any atom is -0.376 e. The Morgan fingerprint density at radius 3 is 3.00 bits per heavy atom. The van der Waals surface area contributed by atoms with Crippen LogP contribution in [0.4, 0.5) is 0 Å². The molecule has 1 rings (SSSR count). The Morgan fingerprint density at radius 2 is 2.28 bits per heavy atom. The van der Waals surface area contributed by atoms with Crippen molar-refractivity contribution in [1.29, 1.82) is 0 Å². The first-order valence-corrected chi connectivity index (χ1v) is 6.63. The summed E-state index contributed by atoms with van der Waals surface area (Å²) in [4.78, 5) is 11.4. The van der Waals surface area contributed by atoms with E-state index < -0.39 is 0 Å². The van der Waals surface area contributed by atoms with E-state index in [1.165, 1.54) is 18.9 Å². The Kier molecular flexibility index (Phi) is 8.17. The standard InChI is InChI=1S/C14H23NO3/c1-2-3-4-5-6-7-8-14(16)15-11-13-12-17-9-10-18-13/h5-8,13H,2-4,9-12H2,1H3,(H,15,16). The average molecular weight is 253 g/mol. The third kappa shape index (κ3) is 7.25. The minimum absolute atomic E-state index is 0.0174. The molecule has 1 aliphatic rings. The lowest BCUT2D eigenvalue weighted by molar-refractivity contribution is -0.119. The Morgan fingerprint density at radius 1 is 1.39 bits per heavy atom. The van der Waals surface area contributed by atoms with Gasteiger partial charge in [0.25, 0.3) is 0 Å². The van der Waals surface area contributed by atoms with E-state index >= 15 is 0 Å². The molecule has 1 fully saturated rings. The highest BCUT2D eigenvalue weighted by molar-refractivity contribution is 5.87. The molecule has 1 aliphatic heterocycles. The first-order valence-electron chi connectivity index (χ1n) is 6.63. The number of nitrogens with one attached hydrogen (secondary N) is 1. The molecule has 0 saturated carbocycles. The van der Waals surface area contributed by atoms with Crippen molar-refractivity contribution >= 4 is 5.91 Å². The second-order valence-corrected chi connectivity index (χ2v) is 4.24. The van der Waals surface area contributed by atoms with Crippen LogP contribution < -0.4 is 5.32 Å². The summed E-state index contributed by atoms with van der Waals surface area (Å²) in [5.74, 6) is -0.0932. The van der Waals surface area contributed by atoms with Gasteiger partial charge in [-0.15, -0.1) is 0 Å². The summed E-state index contributed by atoms with van der Waals surface area (Å²) < 4.78 is 10.7. The number of ether oxygens (including phenoxy) is 2. The molecule has 1 atom stereocenters. The fourth-order valence-electron chi connectivity index (χ4n) is 1.57. The molecule has 1 heterocycles. The summed E-state index contributed by atoms with van der Waals surface area (Å²) in [6.07, 6.45) is 10.7. The number of hydrogen-bond acceptors (Lipinski definition) is 3. The normalized spacial score (nSPS) is 20.6. The minimum atomic E-state index is -0.0932. The quantitative estimate of drug-likeness (QED) is 0.428. The molecular weight excluding hydrogens is 230 g/mol. The van der Waals surface area contributed by atoms with Gasteiger partial charge in [-0.2, -0.15) is 0 Å². The Bertz CT molecular complexity index is 281. The maximum atomic E-state index is 11.4. The molecule has 1 saturated heterocycles. The zero-order chi connectivity index (χ0) is 13.1. The van der Waals surface area contributed by atoms with Gasteiger partial charge in [0.2, 0.25) is 5.91 Å². The fraction of sp³-hybridized carbons (Fsp3) is 0.643. The average Bonchev–Trinajstić information content (AvgIpc) is 2.41. The van der Waals surface area contributed by atoms with Gasteiger partial charge in [-0.1, -0.05) is 38.0 Å². The Balaban J connectivity index is 2.08. The van der Waals surface area contributed by atoms with Crippen molar-refractivity contribution in [2.24, 2.45) is 0 Å². The van der Waals surface area contributed by atoms with E-state index in [9.17, 15) is 4.79 Å². The third-order valence-electron chi connectivity index (χ3n) is 2.61. The topological polar surface area (TPSA) is 47.6 Å². The monoisotopic (exact) mass is 253 g/mol. The lowest BCUT2D eigenvalue weighted by atomic mass is 10.2. The van der Waals surface area contributed by atoms with Crippen molar-refractivity contribution < 1.29 is 14.3 Å². The van der Waals surface area contributed by atoms with Gasteiger partial charge < -0.3 is 14.8 Å². The van der Waals surface area contributed by atoms with Crippen LogP contribution in [0.3, 0.4) is 0 Å². The van der Waals surface area contributed by atoms with Gasteiger partial charge in [-0.3, -0.25) is 4.79 Å². The fourth-order valence-corrected chi connectivity index (χ4v) is 1.57. The third-order valence-corrected chi connectivity index (χ3v) is 2.61. The largest absolute Gasteiger partial charge is 0.376 e. The summed E-state index contributed by atoms with van der Waals surface area (Å²) in [6.45, 7) is 4.47. The summed E-state index contributed by atoms with van der Waals surface area (Å²) >= 11 is 0. The predicted molar refractivity (Wildman–Crippen MR) is 71.4 cm³/mol. The lowest BCUT2D eigenvalue weighted by Gasteiger charge is -2.22. The molecule has 1 amide bonds. The summed E-state index contributed by atoms with van der Waals surface area (Å²) in [5, 5.41) is 2.79. The predicted octanol–water partition coefficient (Wildman–Crippen LogP) is 1.82. The van der Waals surface area contributed by atoms with E-state index in [4.69, 9.17) is 9.47 Å². The summed E-state index contributed by atoms with van der Waals surface area (Å²) in [6, 6.07) is 0. The number of amides is 1. The van der Waals surface area contributed by atoms with Crippen molar-refractivity contribution in [3.63, 3.8) is 0 Å². The number of allylic oxidation sites excluding steroid dienone is 3.